The third-order valence-corrected chi connectivity index (χ3v) is 3.03. The summed E-state index contributed by atoms with van der Waals surface area (Å²) in [6.45, 7) is 0. The molecule has 0 aliphatic heterocycles. The van der Waals surface area contributed by atoms with Gasteiger partial charge >= 0.3 is 6.18 Å². The largest absolute Gasteiger partial charge is 0.436 e. The molecule has 0 spiro atoms. The van der Waals surface area contributed by atoms with Crippen molar-refractivity contribution in [3.05, 3.63) is 56.2 Å². The van der Waals surface area contributed by atoms with Crippen LogP contribution >= 0.6 is 23.2 Å². The van der Waals surface area contributed by atoms with Crippen molar-refractivity contribution in [2.45, 2.75) is 6.18 Å². The van der Waals surface area contributed by atoms with Crippen LogP contribution in [0.15, 0.2) is 30.5 Å². The molecule has 0 saturated heterocycles. The Morgan fingerprint density at radius 2 is 1.77 bits per heavy atom. The van der Waals surface area contributed by atoms with Gasteiger partial charge in [0.15, 0.2) is 5.75 Å². The van der Waals surface area contributed by atoms with Gasteiger partial charge in [-0.1, -0.05) is 23.2 Å². The number of aromatic nitrogens is 1. The van der Waals surface area contributed by atoms with Gasteiger partial charge < -0.3 is 4.74 Å². The number of alkyl halides is 3. The molecule has 1 heterocycles. The second-order valence-electron chi connectivity index (χ2n) is 3.98. The Bertz CT molecular complexity index is 698. The standard InChI is InChI=1S/C12H5Cl2F3N2O3/c13-8-3-6(12(15,16)17)4-9(14)11(8)22-10-2-1-7(5-18-10)19(20)21/h1-5H. The highest BCUT2D eigenvalue weighted by atomic mass is 35.5. The topological polar surface area (TPSA) is 65.3 Å². The number of halogens is 5. The molecule has 0 N–H and O–H groups in total. The third kappa shape index (κ3) is 3.58. The van der Waals surface area contributed by atoms with E-state index >= 15 is 0 Å². The molecular weight excluding hydrogens is 348 g/mol. The van der Waals surface area contributed by atoms with E-state index in [1.165, 1.54) is 6.07 Å². The van der Waals surface area contributed by atoms with Crippen LogP contribution in [0.3, 0.4) is 0 Å². The van der Waals surface area contributed by atoms with Crippen LogP contribution in [0.25, 0.3) is 0 Å². The first-order valence-electron chi connectivity index (χ1n) is 5.53. The predicted molar refractivity (Wildman–Crippen MR) is 72.4 cm³/mol. The van der Waals surface area contributed by atoms with Gasteiger partial charge in [0, 0.05) is 12.1 Å². The van der Waals surface area contributed by atoms with E-state index in [2.05, 4.69) is 4.98 Å². The van der Waals surface area contributed by atoms with Crippen LogP contribution in [-0.2, 0) is 6.18 Å². The molecule has 22 heavy (non-hydrogen) atoms. The van der Waals surface area contributed by atoms with Gasteiger partial charge in [-0.05, 0) is 12.1 Å². The number of hydrogen-bond acceptors (Lipinski definition) is 4. The van der Waals surface area contributed by atoms with E-state index in [9.17, 15) is 23.3 Å². The Morgan fingerprint density at radius 3 is 2.18 bits per heavy atom. The second-order valence-corrected chi connectivity index (χ2v) is 4.79. The normalized spacial score (nSPS) is 11.3. The summed E-state index contributed by atoms with van der Waals surface area (Å²) in [6.07, 6.45) is -3.67. The first-order chi connectivity index (χ1) is 10.2. The maximum absolute atomic E-state index is 12.6. The van der Waals surface area contributed by atoms with Crippen LogP contribution in [0.2, 0.25) is 10.0 Å². The van der Waals surface area contributed by atoms with E-state index in [0.29, 0.717) is 12.1 Å². The molecule has 0 bridgehead atoms. The Kier molecular flexibility index (Phi) is 4.43. The number of hydrogen-bond donors (Lipinski definition) is 0. The molecule has 0 fully saturated rings. The second kappa shape index (κ2) is 5.98. The number of ether oxygens (including phenoxy) is 1. The van der Waals surface area contributed by atoms with E-state index in [0.717, 1.165) is 12.3 Å². The molecule has 10 heteroatoms. The number of nitrogens with zero attached hydrogens (tertiary/aromatic N) is 2. The van der Waals surface area contributed by atoms with Crippen molar-refractivity contribution in [3.8, 4) is 11.6 Å². The molecule has 2 rings (SSSR count). The molecular formula is C12H5Cl2F3N2O3. The summed E-state index contributed by atoms with van der Waals surface area (Å²) >= 11 is 11.5. The van der Waals surface area contributed by atoms with Crippen LogP contribution in [0.1, 0.15) is 5.56 Å². The van der Waals surface area contributed by atoms with Crippen LogP contribution in [-0.4, -0.2) is 9.91 Å². The summed E-state index contributed by atoms with van der Waals surface area (Å²) in [5.74, 6) is -0.327. The number of benzene rings is 1. The molecule has 0 radical (unpaired) electrons. The van der Waals surface area contributed by atoms with E-state index < -0.39 is 16.7 Å². The van der Waals surface area contributed by atoms with Crippen LogP contribution in [0.4, 0.5) is 18.9 Å². The molecule has 1 aromatic carbocycles. The van der Waals surface area contributed by atoms with Crippen molar-refractivity contribution in [2.75, 3.05) is 0 Å². The van der Waals surface area contributed by atoms with Gasteiger partial charge in [0.1, 0.15) is 6.20 Å². The zero-order valence-corrected chi connectivity index (χ0v) is 11.9. The smallest absolute Gasteiger partial charge is 0.416 e. The minimum Gasteiger partial charge on any atom is -0.436 e. The minimum atomic E-state index is -4.60. The molecule has 5 nitrogen and oxygen atoms in total. The van der Waals surface area contributed by atoms with Crippen molar-refractivity contribution in [2.24, 2.45) is 0 Å². The van der Waals surface area contributed by atoms with Gasteiger partial charge in [-0.25, -0.2) is 4.98 Å². The average molecular weight is 353 g/mol. The van der Waals surface area contributed by atoms with Gasteiger partial charge in [-0.3, -0.25) is 10.1 Å². The fourth-order valence-corrected chi connectivity index (χ4v) is 2.03. The van der Waals surface area contributed by atoms with Crippen molar-refractivity contribution in [1.82, 2.24) is 4.98 Å². The zero-order chi connectivity index (χ0) is 16.5. The molecule has 116 valence electrons. The highest BCUT2D eigenvalue weighted by Gasteiger charge is 2.32. The van der Waals surface area contributed by atoms with Crippen molar-refractivity contribution in [1.29, 1.82) is 0 Å². The number of rotatable bonds is 3. The van der Waals surface area contributed by atoms with Crippen molar-refractivity contribution < 1.29 is 22.8 Å². The lowest BCUT2D eigenvalue weighted by atomic mass is 10.2. The molecule has 0 aliphatic carbocycles. The fraction of sp³-hybridized carbons (Fsp3) is 0.0833. The summed E-state index contributed by atoms with van der Waals surface area (Å²) in [6, 6.07) is 3.61. The highest BCUT2D eigenvalue weighted by molar-refractivity contribution is 6.37. The predicted octanol–water partition coefficient (Wildman–Crippen LogP) is 5.11. The average Bonchev–Trinajstić information content (AvgIpc) is 2.42. The minimum absolute atomic E-state index is 0.103. The molecule has 0 saturated carbocycles. The Hall–Kier alpha value is -2.06. The molecule has 0 unspecified atom stereocenters. The van der Waals surface area contributed by atoms with Gasteiger partial charge in [0.2, 0.25) is 5.88 Å². The van der Waals surface area contributed by atoms with Gasteiger partial charge in [-0.15, -0.1) is 0 Å². The molecule has 2 aromatic rings. The SMILES string of the molecule is O=[N+]([O-])c1ccc(Oc2c(Cl)cc(C(F)(F)F)cc2Cl)nc1. The molecule has 0 aliphatic rings. The first-order valence-corrected chi connectivity index (χ1v) is 6.28. The van der Waals surface area contributed by atoms with Crippen LogP contribution in [0.5, 0.6) is 11.6 Å². The summed E-state index contributed by atoms with van der Waals surface area (Å²) in [7, 11) is 0. The lowest BCUT2D eigenvalue weighted by Crippen LogP contribution is -2.05. The van der Waals surface area contributed by atoms with Crippen molar-refractivity contribution >= 4 is 28.9 Å². The Balaban J connectivity index is 2.32. The van der Waals surface area contributed by atoms with Crippen molar-refractivity contribution in [3.63, 3.8) is 0 Å². The van der Waals surface area contributed by atoms with Gasteiger partial charge in [0.25, 0.3) is 5.69 Å². The summed E-state index contributed by atoms with van der Waals surface area (Å²) in [5, 5.41) is 9.76. The molecule has 0 amide bonds. The lowest BCUT2D eigenvalue weighted by molar-refractivity contribution is -0.385. The van der Waals surface area contributed by atoms with E-state index in [-0.39, 0.29) is 27.4 Å². The maximum Gasteiger partial charge on any atom is 0.416 e. The monoisotopic (exact) mass is 352 g/mol. The zero-order valence-electron chi connectivity index (χ0n) is 10.4. The summed E-state index contributed by atoms with van der Waals surface area (Å²) in [4.78, 5) is 13.5. The molecule has 0 atom stereocenters. The van der Waals surface area contributed by atoms with Crippen LogP contribution in [0, 0.1) is 10.1 Å². The maximum atomic E-state index is 12.6. The van der Waals surface area contributed by atoms with Gasteiger partial charge in [0.05, 0.1) is 20.5 Å². The number of pyridine rings is 1. The third-order valence-electron chi connectivity index (χ3n) is 2.46. The van der Waals surface area contributed by atoms with Gasteiger partial charge in [-0.2, -0.15) is 13.2 Å². The molecule has 1 aromatic heterocycles. The number of nitro groups is 1. The fourth-order valence-electron chi connectivity index (χ4n) is 1.47. The Morgan fingerprint density at radius 1 is 1.18 bits per heavy atom. The highest BCUT2D eigenvalue weighted by Crippen LogP contribution is 2.41. The van der Waals surface area contributed by atoms with E-state index in [1.807, 2.05) is 0 Å². The lowest BCUT2D eigenvalue weighted by Gasteiger charge is -2.12. The summed E-state index contributed by atoms with van der Waals surface area (Å²) < 4.78 is 43.0. The van der Waals surface area contributed by atoms with Crippen LogP contribution < -0.4 is 4.74 Å². The summed E-state index contributed by atoms with van der Waals surface area (Å²) in [5.41, 5.74) is -1.29. The van der Waals surface area contributed by atoms with E-state index in [1.54, 1.807) is 0 Å². The quantitative estimate of drug-likeness (QED) is 0.568. The van der Waals surface area contributed by atoms with E-state index in [4.69, 9.17) is 27.9 Å². The first kappa shape index (κ1) is 16.3. The Labute approximate surface area is 131 Å².